The Morgan fingerprint density at radius 3 is 1.94 bits per heavy atom. The molecule has 0 fully saturated rings. The SMILES string of the molecule is CC1=NNS(=O)(=O)c2c(Cl)c(Cl)cc(C)c21.Cc1cc(Cl)c(Cl)c2c1C(C)N(C(C)C)NS2(=O)=O. The first-order chi connectivity index (χ1) is 16.0. The van der Waals surface area contributed by atoms with E-state index in [1.807, 2.05) is 27.7 Å². The van der Waals surface area contributed by atoms with E-state index in [0.29, 0.717) is 16.8 Å². The highest BCUT2D eigenvalue weighted by Crippen LogP contribution is 2.42. The minimum atomic E-state index is -3.70. The van der Waals surface area contributed by atoms with Gasteiger partial charge in [0.15, 0.2) is 0 Å². The molecule has 192 valence electrons. The Labute approximate surface area is 225 Å². The van der Waals surface area contributed by atoms with Crippen molar-refractivity contribution in [1.82, 2.24) is 14.7 Å². The van der Waals surface area contributed by atoms with Crippen LogP contribution in [-0.2, 0) is 20.0 Å². The lowest BCUT2D eigenvalue weighted by Crippen LogP contribution is -2.51. The summed E-state index contributed by atoms with van der Waals surface area (Å²) in [5.74, 6) is 0. The van der Waals surface area contributed by atoms with Gasteiger partial charge < -0.3 is 0 Å². The molecule has 0 aromatic heterocycles. The van der Waals surface area contributed by atoms with Crippen LogP contribution in [0.3, 0.4) is 0 Å². The average Bonchev–Trinajstić information content (AvgIpc) is 2.73. The second-order valence-corrected chi connectivity index (χ2v) is 13.3. The van der Waals surface area contributed by atoms with Gasteiger partial charge in [-0.25, -0.2) is 13.4 Å². The summed E-state index contributed by atoms with van der Waals surface area (Å²) in [7, 11) is -7.39. The molecule has 8 nitrogen and oxygen atoms in total. The Hall–Kier alpha value is -1.11. The van der Waals surface area contributed by atoms with Crippen molar-refractivity contribution in [3.05, 3.63) is 54.5 Å². The van der Waals surface area contributed by atoms with Crippen molar-refractivity contribution >= 4 is 72.2 Å². The highest BCUT2D eigenvalue weighted by molar-refractivity contribution is 7.90. The number of hydrogen-bond donors (Lipinski definition) is 2. The lowest BCUT2D eigenvalue weighted by Gasteiger charge is -2.39. The van der Waals surface area contributed by atoms with Crippen molar-refractivity contribution in [3.8, 4) is 0 Å². The molecule has 1 unspecified atom stereocenters. The molecule has 0 bridgehead atoms. The summed E-state index contributed by atoms with van der Waals surface area (Å²) >= 11 is 23.9. The smallest absolute Gasteiger partial charge is 0.221 e. The normalized spacial score (nSPS) is 20.2. The van der Waals surface area contributed by atoms with Gasteiger partial charge in [-0.1, -0.05) is 46.4 Å². The fraction of sp³-hybridized carbons (Fsp3) is 0.381. The molecule has 0 spiro atoms. The molecular formula is C21H24Cl4N4O4S2. The van der Waals surface area contributed by atoms with E-state index in [0.717, 1.165) is 11.1 Å². The molecule has 2 aliphatic heterocycles. The van der Waals surface area contributed by atoms with Crippen LogP contribution in [0.2, 0.25) is 20.1 Å². The molecule has 2 heterocycles. The van der Waals surface area contributed by atoms with Crippen LogP contribution >= 0.6 is 46.4 Å². The largest absolute Gasteiger partial charge is 0.278 e. The van der Waals surface area contributed by atoms with E-state index in [1.165, 1.54) is 0 Å². The van der Waals surface area contributed by atoms with Gasteiger partial charge in [0.2, 0.25) is 0 Å². The third-order valence-corrected chi connectivity index (χ3v) is 10.1. The van der Waals surface area contributed by atoms with Crippen LogP contribution in [0.15, 0.2) is 27.0 Å². The second-order valence-electron chi connectivity index (χ2n) is 8.49. The predicted molar refractivity (Wildman–Crippen MR) is 141 cm³/mol. The number of nitrogens with zero attached hydrogens (tertiary/aromatic N) is 2. The van der Waals surface area contributed by atoms with Gasteiger partial charge in [0.1, 0.15) is 9.79 Å². The number of rotatable bonds is 1. The van der Waals surface area contributed by atoms with Crippen LogP contribution < -0.4 is 9.66 Å². The molecular weight excluding hydrogens is 578 g/mol. The number of nitrogens with one attached hydrogen (secondary N) is 2. The summed E-state index contributed by atoms with van der Waals surface area (Å²) in [6.45, 7) is 11.1. The van der Waals surface area contributed by atoms with E-state index < -0.39 is 20.0 Å². The molecule has 14 heteroatoms. The zero-order chi connectivity index (χ0) is 26.6. The monoisotopic (exact) mass is 600 g/mol. The lowest BCUT2D eigenvalue weighted by atomic mass is 10.0. The number of benzene rings is 2. The minimum Gasteiger partial charge on any atom is -0.221 e. The van der Waals surface area contributed by atoms with Gasteiger partial charge in [-0.05, 0) is 70.4 Å². The third kappa shape index (κ3) is 5.17. The first kappa shape index (κ1) is 28.5. The number of aryl methyl sites for hydroxylation is 2. The molecule has 0 radical (unpaired) electrons. The zero-order valence-electron chi connectivity index (χ0n) is 19.7. The van der Waals surface area contributed by atoms with Crippen LogP contribution in [-0.4, -0.2) is 33.6 Å². The third-order valence-electron chi connectivity index (χ3n) is 5.65. The van der Waals surface area contributed by atoms with Gasteiger partial charge in [-0.15, -0.1) is 4.83 Å². The molecule has 0 aliphatic carbocycles. The van der Waals surface area contributed by atoms with Crippen molar-refractivity contribution in [3.63, 3.8) is 0 Å². The maximum absolute atomic E-state index is 12.4. The van der Waals surface area contributed by atoms with E-state index in [1.54, 1.807) is 31.0 Å². The number of hydrazine groups is 1. The van der Waals surface area contributed by atoms with Crippen LogP contribution in [0.1, 0.15) is 56.0 Å². The van der Waals surface area contributed by atoms with E-state index in [2.05, 4.69) is 14.8 Å². The Balaban J connectivity index is 0.000000198. The lowest BCUT2D eigenvalue weighted by molar-refractivity contribution is 0.126. The number of halogens is 4. The molecule has 2 aromatic rings. The maximum Gasteiger partial charge on any atom is 0.278 e. The quantitative estimate of drug-likeness (QED) is 0.442. The number of fused-ring (bicyclic) bond motifs is 2. The summed E-state index contributed by atoms with van der Waals surface area (Å²) < 4.78 is 48.3. The molecule has 35 heavy (non-hydrogen) atoms. The van der Waals surface area contributed by atoms with Crippen LogP contribution in [0.4, 0.5) is 0 Å². The molecule has 0 saturated heterocycles. The first-order valence-corrected chi connectivity index (χ1v) is 14.8. The van der Waals surface area contributed by atoms with Crippen molar-refractivity contribution in [2.24, 2.45) is 5.10 Å². The Morgan fingerprint density at radius 1 is 0.886 bits per heavy atom. The van der Waals surface area contributed by atoms with Gasteiger partial charge in [-0.3, -0.25) is 0 Å². The van der Waals surface area contributed by atoms with E-state index in [4.69, 9.17) is 46.4 Å². The second kappa shape index (κ2) is 9.98. The van der Waals surface area contributed by atoms with E-state index in [9.17, 15) is 16.8 Å². The topological polar surface area (TPSA) is 108 Å². The zero-order valence-corrected chi connectivity index (χ0v) is 24.3. The molecule has 1 atom stereocenters. The molecule has 4 rings (SSSR count). The number of hydrazone groups is 1. The molecule has 0 amide bonds. The van der Waals surface area contributed by atoms with Crippen LogP contribution in [0, 0.1) is 13.8 Å². The summed E-state index contributed by atoms with van der Waals surface area (Å²) in [6, 6.07) is 3.27. The highest BCUT2D eigenvalue weighted by atomic mass is 35.5. The Kier molecular flexibility index (Phi) is 8.12. The van der Waals surface area contributed by atoms with Gasteiger partial charge in [0.05, 0.1) is 25.8 Å². The van der Waals surface area contributed by atoms with Gasteiger partial charge in [-0.2, -0.15) is 18.4 Å². The standard InChI is InChI=1S/C12H16Cl2N2O2S.C9H8Cl2N2O2S/c1-6(2)16-8(4)10-7(3)5-9(13)11(14)12(10)19(17,18)15-16;1-4-3-6(10)8(11)9-7(4)5(2)12-13-16(9,14)15/h5-6,8,15H,1-4H3;3,13H,1-2H3. The van der Waals surface area contributed by atoms with E-state index in [-0.39, 0.29) is 42.0 Å². The number of hydrogen-bond acceptors (Lipinski definition) is 6. The van der Waals surface area contributed by atoms with E-state index >= 15 is 0 Å². The van der Waals surface area contributed by atoms with Crippen molar-refractivity contribution in [2.45, 2.75) is 63.4 Å². The first-order valence-electron chi connectivity index (χ1n) is 10.4. The van der Waals surface area contributed by atoms with Crippen molar-refractivity contribution < 1.29 is 16.8 Å². The molecule has 2 aliphatic rings. The summed E-state index contributed by atoms with van der Waals surface area (Å²) in [5.41, 5.74) is 3.36. The highest BCUT2D eigenvalue weighted by Gasteiger charge is 2.38. The molecule has 0 saturated carbocycles. The Bertz CT molecular complexity index is 1460. The van der Waals surface area contributed by atoms with Gasteiger partial charge in [0.25, 0.3) is 20.0 Å². The summed E-state index contributed by atoms with van der Waals surface area (Å²) in [6.07, 6.45) is 0. The fourth-order valence-electron chi connectivity index (χ4n) is 4.13. The summed E-state index contributed by atoms with van der Waals surface area (Å²) in [5, 5.41) is 6.03. The summed E-state index contributed by atoms with van der Waals surface area (Å²) in [4.78, 5) is 4.74. The molecule has 2 N–H and O–H groups in total. The van der Waals surface area contributed by atoms with Gasteiger partial charge >= 0.3 is 0 Å². The van der Waals surface area contributed by atoms with Crippen LogP contribution in [0.25, 0.3) is 0 Å². The van der Waals surface area contributed by atoms with Crippen LogP contribution in [0.5, 0.6) is 0 Å². The maximum atomic E-state index is 12.4. The fourth-order valence-corrected chi connectivity index (χ4v) is 8.65. The van der Waals surface area contributed by atoms with Crippen molar-refractivity contribution in [2.75, 3.05) is 0 Å². The van der Waals surface area contributed by atoms with Crippen molar-refractivity contribution in [1.29, 1.82) is 0 Å². The Morgan fingerprint density at radius 2 is 1.40 bits per heavy atom. The number of sulfonamides is 2. The average molecular weight is 602 g/mol. The molecule has 2 aromatic carbocycles. The van der Waals surface area contributed by atoms with Gasteiger partial charge in [0, 0.05) is 17.6 Å². The predicted octanol–water partition coefficient (Wildman–Crippen LogP) is 5.60. The minimum absolute atomic E-state index is 0.00617.